The van der Waals surface area contributed by atoms with E-state index in [4.69, 9.17) is 0 Å². The third-order valence-electron chi connectivity index (χ3n) is 0.816. The highest BCUT2D eigenvalue weighted by Gasteiger charge is 1.80. The molecule has 0 saturated heterocycles. The monoisotopic (exact) mass is 230 g/mol. The molecule has 0 aliphatic heterocycles. The molecule has 0 atom stereocenters. The molecule has 0 aliphatic carbocycles. The summed E-state index contributed by atoms with van der Waals surface area (Å²) in [5.41, 5.74) is 0. The van der Waals surface area contributed by atoms with Gasteiger partial charge < -0.3 is 0 Å². The van der Waals surface area contributed by atoms with E-state index in [0.717, 1.165) is 5.92 Å². The van der Waals surface area contributed by atoms with Gasteiger partial charge in [0.1, 0.15) is 0 Å². The van der Waals surface area contributed by atoms with Gasteiger partial charge in [0.05, 0.1) is 0 Å². The van der Waals surface area contributed by atoms with Crippen LogP contribution in [0.4, 0.5) is 0 Å². The average molecular weight is 232 g/mol. The second kappa shape index (κ2) is 10.0. The van der Waals surface area contributed by atoms with Crippen molar-refractivity contribution < 1.29 is 0 Å². The van der Waals surface area contributed by atoms with Gasteiger partial charge in [-0.15, -0.1) is 0 Å². The van der Waals surface area contributed by atoms with Gasteiger partial charge in [-0.05, 0) is 5.92 Å². The maximum absolute atomic E-state index is 2.75. The Hall–Kier alpha value is 0.960. The predicted molar refractivity (Wildman–Crippen MR) is 43.0 cm³/mol. The van der Waals surface area contributed by atoms with Gasteiger partial charge in [0, 0.05) is 28.3 Å². The summed E-state index contributed by atoms with van der Waals surface area (Å²) >= 11 is 5.50. The summed E-state index contributed by atoms with van der Waals surface area (Å²) in [7, 11) is 0. The summed E-state index contributed by atoms with van der Waals surface area (Å²) in [6.45, 7) is 6.64. The van der Waals surface area contributed by atoms with Crippen LogP contribution in [-0.2, 0) is 0 Å². The molecule has 0 amide bonds. The zero-order valence-electron chi connectivity index (χ0n) is 5.04. The van der Waals surface area contributed by atoms with Crippen LogP contribution in [0.1, 0.15) is 27.2 Å². The summed E-state index contributed by atoms with van der Waals surface area (Å²) in [6.07, 6.45) is 1.31. The molecule has 0 saturated carbocycles. The Balaban J connectivity index is 0. The summed E-state index contributed by atoms with van der Waals surface area (Å²) in [5, 5.41) is 0. The van der Waals surface area contributed by atoms with E-state index in [2.05, 4.69) is 49.0 Å². The molecule has 0 fully saturated rings. The van der Waals surface area contributed by atoms with Crippen LogP contribution in [0.15, 0.2) is 0 Å². The van der Waals surface area contributed by atoms with Crippen LogP contribution in [0.5, 0.6) is 0 Å². The molecule has 0 aliphatic rings. The normalized spacial score (nSPS) is 7.71. The smallest absolute Gasteiger partial charge is 0 e. The lowest BCUT2D eigenvalue weighted by atomic mass is 10.2. The van der Waals surface area contributed by atoms with E-state index in [1.165, 1.54) is 6.42 Å². The van der Waals surface area contributed by atoms with Crippen LogP contribution in [0.2, 0.25) is 0 Å². The quantitative estimate of drug-likeness (QED) is 0.645. The molecule has 0 bridgehead atoms. The van der Waals surface area contributed by atoms with Gasteiger partial charge in [0.2, 0.25) is 0 Å². The summed E-state index contributed by atoms with van der Waals surface area (Å²) in [6, 6.07) is 0. The molecule has 0 aromatic rings. The molecule has 0 aromatic heterocycles. The summed E-state index contributed by atoms with van der Waals surface area (Å²) in [4.78, 5) is 0. The van der Waals surface area contributed by atoms with Gasteiger partial charge in [-0.2, -0.15) is 0 Å². The Labute approximate surface area is 61.5 Å². The number of hydrogen-bond donors (Lipinski definition) is 0. The minimum absolute atomic E-state index is 0.884. The SMILES string of the molecule is BrBr.CCC(C)C. The van der Waals surface area contributed by atoms with Crippen LogP contribution in [0, 0.1) is 5.92 Å². The Bertz CT molecular complexity index is 20.0. The van der Waals surface area contributed by atoms with Crippen LogP contribution in [0.25, 0.3) is 0 Å². The van der Waals surface area contributed by atoms with Crippen LogP contribution >= 0.6 is 28.3 Å². The van der Waals surface area contributed by atoms with E-state index in [0.29, 0.717) is 0 Å². The van der Waals surface area contributed by atoms with Crippen LogP contribution in [-0.4, -0.2) is 0 Å². The fourth-order valence-electron chi connectivity index (χ4n) is 0. The standard InChI is InChI=1S/C5H12.Br2/c1-4-5(2)3;1-2/h5H,4H2,1-3H3;. The number of rotatable bonds is 1. The van der Waals surface area contributed by atoms with E-state index >= 15 is 0 Å². The average Bonchev–Trinajstić information content (AvgIpc) is 1.73. The molecule has 0 heterocycles. The first kappa shape index (κ1) is 10.9. The molecule has 0 N–H and O–H groups in total. The van der Waals surface area contributed by atoms with E-state index in [-0.39, 0.29) is 0 Å². The van der Waals surface area contributed by atoms with Gasteiger partial charge in [-0.3, -0.25) is 0 Å². The molecular formula is C5H12Br2. The Morgan fingerprint density at radius 3 is 1.43 bits per heavy atom. The topological polar surface area (TPSA) is 0 Å². The largest absolute Gasteiger partial charge is 0.0651 e. The minimum Gasteiger partial charge on any atom is -0.0651 e. The molecule has 0 rings (SSSR count). The van der Waals surface area contributed by atoms with Crippen molar-refractivity contribution in [3.63, 3.8) is 0 Å². The zero-order valence-corrected chi connectivity index (χ0v) is 8.21. The third-order valence-corrected chi connectivity index (χ3v) is 0.816. The predicted octanol–water partition coefficient (Wildman–Crippen LogP) is 3.74. The van der Waals surface area contributed by atoms with Gasteiger partial charge in [-0.1, -0.05) is 27.2 Å². The lowest BCUT2D eigenvalue weighted by molar-refractivity contribution is 0.626. The Morgan fingerprint density at radius 2 is 1.43 bits per heavy atom. The fourth-order valence-corrected chi connectivity index (χ4v) is 0. The third kappa shape index (κ3) is 19.5. The summed E-state index contributed by atoms with van der Waals surface area (Å²) in [5.74, 6) is 0.884. The van der Waals surface area contributed by atoms with Crippen molar-refractivity contribution in [2.75, 3.05) is 0 Å². The van der Waals surface area contributed by atoms with Gasteiger partial charge in [-0.25, -0.2) is 0 Å². The highest BCUT2D eigenvalue weighted by atomic mass is 80.9. The van der Waals surface area contributed by atoms with Crippen LogP contribution in [0.3, 0.4) is 0 Å². The summed E-state index contributed by atoms with van der Waals surface area (Å²) < 4.78 is 0. The molecule has 46 valence electrons. The minimum atomic E-state index is 0.884. The van der Waals surface area contributed by atoms with E-state index in [9.17, 15) is 0 Å². The van der Waals surface area contributed by atoms with Crippen molar-refractivity contribution in [3.8, 4) is 0 Å². The van der Waals surface area contributed by atoms with Crippen molar-refractivity contribution in [1.82, 2.24) is 0 Å². The first-order valence-electron chi connectivity index (χ1n) is 2.41. The van der Waals surface area contributed by atoms with E-state index < -0.39 is 0 Å². The first-order chi connectivity index (χ1) is 3.27. The molecule has 2 heteroatoms. The highest BCUT2D eigenvalue weighted by Crippen LogP contribution is 1.93. The van der Waals surface area contributed by atoms with Gasteiger partial charge in [0.25, 0.3) is 0 Å². The van der Waals surface area contributed by atoms with Crippen molar-refractivity contribution in [1.29, 1.82) is 0 Å². The van der Waals surface area contributed by atoms with Crippen molar-refractivity contribution in [2.24, 2.45) is 5.92 Å². The molecule has 7 heavy (non-hydrogen) atoms. The molecule has 0 unspecified atom stereocenters. The highest BCUT2D eigenvalue weighted by molar-refractivity contribution is 9.93. The molecule has 0 radical (unpaired) electrons. The van der Waals surface area contributed by atoms with Crippen LogP contribution < -0.4 is 0 Å². The van der Waals surface area contributed by atoms with Crippen molar-refractivity contribution in [2.45, 2.75) is 27.2 Å². The van der Waals surface area contributed by atoms with Crippen molar-refractivity contribution >= 4 is 28.3 Å². The second-order valence-electron chi connectivity index (χ2n) is 1.80. The second-order valence-corrected chi connectivity index (χ2v) is 1.80. The zero-order chi connectivity index (χ0) is 6.28. The molecular weight excluding hydrogens is 220 g/mol. The maximum Gasteiger partial charge on any atom is 0 e. The van der Waals surface area contributed by atoms with E-state index in [1.54, 1.807) is 0 Å². The molecule has 0 nitrogen and oxygen atoms in total. The van der Waals surface area contributed by atoms with E-state index in [1.807, 2.05) is 0 Å². The number of halogens is 2. The first-order valence-corrected chi connectivity index (χ1v) is 6.13. The van der Waals surface area contributed by atoms with Crippen molar-refractivity contribution in [3.05, 3.63) is 0 Å². The van der Waals surface area contributed by atoms with Gasteiger partial charge in [0.15, 0.2) is 0 Å². The lowest BCUT2D eigenvalue weighted by Crippen LogP contribution is -1.77. The molecule has 0 aromatic carbocycles. The Morgan fingerprint density at radius 1 is 1.29 bits per heavy atom. The fraction of sp³-hybridized carbons (Fsp3) is 1.00. The number of hydrogen-bond acceptors (Lipinski definition) is 0. The maximum atomic E-state index is 2.75. The molecule has 0 spiro atoms. The Kier molecular flexibility index (Phi) is 15.6. The lowest BCUT2D eigenvalue weighted by Gasteiger charge is -1.90. The van der Waals surface area contributed by atoms with Gasteiger partial charge >= 0.3 is 0 Å².